The zero-order valence-corrected chi connectivity index (χ0v) is 32.2. The van der Waals surface area contributed by atoms with Crippen LogP contribution in [-0.4, -0.2) is 24.9 Å². The van der Waals surface area contributed by atoms with Crippen molar-refractivity contribution in [3.8, 4) is 0 Å². The molecule has 0 fully saturated rings. The number of aromatic amines is 1. The molecule has 6 heterocycles. The Balaban J connectivity index is 0.000000207. The predicted octanol–water partition coefficient (Wildman–Crippen LogP) is 11.5. The summed E-state index contributed by atoms with van der Waals surface area (Å²) in [7, 11) is 0. The van der Waals surface area contributed by atoms with E-state index in [9.17, 15) is 0 Å². The van der Waals surface area contributed by atoms with E-state index in [0.29, 0.717) is 0 Å². The summed E-state index contributed by atoms with van der Waals surface area (Å²) in [4.78, 5) is 22.6. The summed E-state index contributed by atoms with van der Waals surface area (Å²) in [5, 5.41) is 1.21. The first-order valence-electron chi connectivity index (χ1n) is 16.4. The average molecular weight is 676 g/mol. The first-order chi connectivity index (χ1) is 23.2. The van der Waals surface area contributed by atoms with Gasteiger partial charge in [-0.1, -0.05) is 24.3 Å². The summed E-state index contributed by atoms with van der Waals surface area (Å²) < 4.78 is 5.08. The lowest BCUT2D eigenvalue weighted by molar-refractivity contribution is 0.504. The number of hydrogen-bond donors (Lipinski definition) is 1. The first-order valence-corrected chi connectivity index (χ1v) is 17.2. The maximum atomic E-state index is 5.08. The van der Waals surface area contributed by atoms with Crippen LogP contribution in [0.1, 0.15) is 66.7 Å². The zero-order chi connectivity index (χ0) is 36.3. The zero-order valence-electron chi connectivity index (χ0n) is 31.3. The number of hydrogen-bond acceptors (Lipinski definition) is 6. The number of thiophene rings is 1. The number of H-pyrrole nitrogens is 1. The second-order valence-electron chi connectivity index (χ2n) is 12.0. The molecule has 1 aromatic carbocycles. The largest absolute Gasteiger partial charge is 0.467 e. The van der Waals surface area contributed by atoms with E-state index in [-0.39, 0.29) is 0 Å². The summed E-state index contributed by atoms with van der Waals surface area (Å²) in [5.41, 5.74) is 10.0. The number of pyridine rings is 2. The van der Waals surface area contributed by atoms with E-state index in [1.165, 1.54) is 32.1 Å². The highest BCUT2D eigenvalue weighted by atomic mass is 32.1. The second-order valence-corrected chi connectivity index (χ2v) is 13.5. The van der Waals surface area contributed by atoms with Gasteiger partial charge in [-0.25, -0.2) is 0 Å². The molecule has 7 aromatic rings. The van der Waals surface area contributed by atoms with Crippen LogP contribution in [0.4, 0.5) is 0 Å². The minimum atomic E-state index is 0.977. The van der Waals surface area contributed by atoms with E-state index >= 15 is 0 Å². The van der Waals surface area contributed by atoms with Gasteiger partial charge >= 0.3 is 0 Å². The molecular formula is C42H53N5OS. The van der Waals surface area contributed by atoms with Crippen LogP contribution in [-0.2, 0) is 0 Å². The topological polar surface area (TPSA) is 80.5 Å². The normalized spacial score (nSPS) is 9.63. The van der Waals surface area contributed by atoms with Gasteiger partial charge in [-0.3, -0.25) is 19.9 Å². The lowest BCUT2D eigenvalue weighted by atomic mass is 10.1. The average Bonchev–Trinajstić information content (AvgIpc) is 3.73. The van der Waals surface area contributed by atoms with Crippen LogP contribution >= 0.6 is 11.3 Å². The van der Waals surface area contributed by atoms with Crippen LogP contribution in [0.25, 0.3) is 10.9 Å². The van der Waals surface area contributed by atoms with Gasteiger partial charge in [-0.2, -0.15) is 0 Å². The van der Waals surface area contributed by atoms with Crippen LogP contribution < -0.4 is 0 Å². The highest BCUT2D eigenvalue weighted by molar-refractivity contribution is 7.11. The van der Waals surface area contributed by atoms with Gasteiger partial charge in [0.15, 0.2) is 0 Å². The third kappa shape index (κ3) is 17.7. The Morgan fingerprint density at radius 3 is 1.33 bits per heavy atom. The van der Waals surface area contributed by atoms with E-state index in [1.807, 2.05) is 110 Å². The number of rotatable bonds is 0. The van der Waals surface area contributed by atoms with E-state index < -0.39 is 0 Å². The molecule has 0 saturated heterocycles. The molecule has 0 aliphatic rings. The van der Waals surface area contributed by atoms with Crippen LogP contribution in [0, 0.1) is 83.1 Å². The van der Waals surface area contributed by atoms with Crippen LogP contribution in [0.15, 0.2) is 102 Å². The van der Waals surface area contributed by atoms with Crippen molar-refractivity contribution >= 4 is 22.2 Å². The van der Waals surface area contributed by atoms with Crippen molar-refractivity contribution in [3.05, 3.63) is 164 Å². The molecular weight excluding hydrogens is 623 g/mol. The molecule has 1 N–H and O–H groups in total. The number of aromatic nitrogens is 5. The van der Waals surface area contributed by atoms with Crippen LogP contribution in [0.2, 0.25) is 0 Å². The standard InChI is InChI=1S/C11H11N.C7H9N.C6H8N2.C6H9N.C6H8O.C6H8S/c1-8-3-5-10-6-4-9(2)12-11(10)7-8;1-6-4-3-5-7(2)8-6;1-5-3-7-4-6(2)8-5;3*1-5-3-4-6(2)7-5/h3-7H,1-2H3;3-5H,1-2H3;3-4H,1-2H3;3-4,7H,1-2H3;2*3-4H,1-2H3. The molecule has 7 rings (SSSR count). The fraction of sp³-hybridized carbons (Fsp3) is 0.286. The smallest absolute Gasteiger partial charge is 0.101 e. The minimum Gasteiger partial charge on any atom is -0.467 e. The van der Waals surface area contributed by atoms with E-state index in [1.54, 1.807) is 12.4 Å². The van der Waals surface area contributed by atoms with Gasteiger partial charge in [0.1, 0.15) is 11.5 Å². The summed E-state index contributed by atoms with van der Waals surface area (Å²) in [5.74, 6) is 1.97. The molecule has 0 bridgehead atoms. The van der Waals surface area contributed by atoms with Gasteiger partial charge in [0.05, 0.1) is 16.9 Å². The molecule has 0 saturated carbocycles. The molecule has 0 atom stereocenters. The number of nitrogens with zero attached hydrogens (tertiary/aromatic N) is 4. The summed E-state index contributed by atoms with van der Waals surface area (Å²) in [6.07, 6.45) is 3.49. The number of benzene rings is 1. The molecule has 6 nitrogen and oxygen atoms in total. The van der Waals surface area contributed by atoms with Gasteiger partial charge < -0.3 is 9.40 Å². The Morgan fingerprint density at radius 2 is 0.980 bits per heavy atom. The van der Waals surface area contributed by atoms with Crippen molar-refractivity contribution < 1.29 is 4.42 Å². The number of nitrogens with one attached hydrogen (secondary N) is 1. The number of fused-ring (bicyclic) bond motifs is 1. The quantitative estimate of drug-likeness (QED) is 0.173. The number of aryl methyl sites for hydroxylation is 12. The highest BCUT2D eigenvalue weighted by Crippen LogP contribution is 2.14. The lowest BCUT2D eigenvalue weighted by Crippen LogP contribution is -1.85. The van der Waals surface area contributed by atoms with Gasteiger partial charge in [-0.05, 0) is 149 Å². The molecule has 49 heavy (non-hydrogen) atoms. The highest BCUT2D eigenvalue weighted by Gasteiger charge is 1.94. The second kappa shape index (κ2) is 21.2. The lowest BCUT2D eigenvalue weighted by Gasteiger charge is -1.99. The van der Waals surface area contributed by atoms with Gasteiger partial charge in [-0.15, -0.1) is 11.3 Å². The van der Waals surface area contributed by atoms with E-state index in [2.05, 4.69) is 94.2 Å². The fourth-order valence-electron chi connectivity index (χ4n) is 4.36. The van der Waals surface area contributed by atoms with E-state index in [0.717, 1.165) is 45.5 Å². The molecule has 0 radical (unpaired) electrons. The number of furan rings is 1. The fourth-order valence-corrected chi connectivity index (χ4v) is 5.14. The summed E-state index contributed by atoms with van der Waals surface area (Å²) in [6, 6.07) is 28.8. The Bertz CT molecular complexity index is 1710. The molecule has 258 valence electrons. The summed E-state index contributed by atoms with van der Waals surface area (Å²) >= 11 is 1.84. The van der Waals surface area contributed by atoms with Crippen LogP contribution in [0.3, 0.4) is 0 Å². The van der Waals surface area contributed by atoms with Crippen molar-refractivity contribution in [3.63, 3.8) is 0 Å². The van der Waals surface area contributed by atoms with Gasteiger partial charge in [0.2, 0.25) is 0 Å². The molecule has 6 aromatic heterocycles. The van der Waals surface area contributed by atoms with Crippen LogP contribution in [0.5, 0.6) is 0 Å². The van der Waals surface area contributed by atoms with Crippen molar-refractivity contribution in [2.75, 3.05) is 0 Å². The molecule has 7 heteroatoms. The predicted molar refractivity (Wildman–Crippen MR) is 209 cm³/mol. The SMILES string of the molecule is Cc1ccc(C)[nH]1.Cc1ccc(C)o1.Cc1ccc(C)s1.Cc1ccc2ccc(C)nc2c1.Cc1cccc(C)n1.Cc1cncc(C)n1. The molecule has 0 spiro atoms. The Hall–Kier alpha value is -4.88. The van der Waals surface area contributed by atoms with E-state index in [4.69, 9.17) is 4.42 Å². The van der Waals surface area contributed by atoms with Gasteiger partial charge in [0, 0.05) is 56.0 Å². The molecule has 0 aliphatic carbocycles. The Morgan fingerprint density at radius 1 is 0.490 bits per heavy atom. The molecule has 0 unspecified atom stereocenters. The van der Waals surface area contributed by atoms with Crippen molar-refractivity contribution in [1.82, 2.24) is 24.9 Å². The van der Waals surface area contributed by atoms with Gasteiger partial charge in [0.25, 0.3) is 0 Å². The monoisotopic (exact) mass is 675 g/mol. The molecule has 0 aliphatic heterocycles. The molecule has 0 amide bonds. The first kappa shape index (κ1) is 40.3. The summed E-state index contributed by atoms with van der Waals surface area (Å²) in [6.45, 7) is 24.2. The minimum absolute atomic E-state index is 0.977. The van der Waals surface area contributed by atoms with Crippen molar-refractivity contribution in [2.45, 2.75) is 83.1 Å². The third-order valence-corrected chi connectivity index (χ3v) is 7.53. The third-order valence-electron chi connectivity index (χ3n) is 6.62. The Kier molecular flexibility index (Phi) is 17.4. The van der Waals surface area contributed by atoms with Crippen molar-refractivity contribution in [2.24, 2.45) is 0 Å². The maximum absolute atomic E-state index is 5.08. The maximum Gasteiger partial charge on any atom is 0.101 e. The Labute approximate surface area is 297 Å². The van der Waals surface area contributed by atoms with Crippen molar-refractivity contribution in [1.29, 1.82) is 0 Å².